The first-order valence-electron chi connectivity index (χ1n) is 7.98. The normalized spacial score (nSPS) is 20.5. The lowest BCUT2D eigenvalue weighted by atomic mass is 9.73. The van der Waals surface area contributed by atoms with Crippen molar-refractivity contribution in [3.05, 3.63) is 24.3 Å². The van der Waals surface area contributed by atoms with Crippen LogP contribution in [-0.4, -0.2) is 12.6 Å². The molecule has 0 bridgehead atoms. The Morgan fingerprint density at radius 2 is 2.24 bits per heavy atom. The van der Waals surface area contributed by atoms with Crippen molar-refractivity contribution in [3.8, 4) is 11.8 Å². The molecular weight excluding hydrogens is 260 g/mol. The van der Waals surface area contributed by atoms with Crippen LogP contribution in [0.1, 0.15) is 52.4 Å². The Labute approximate surface area is 128 Å². The van der Waals surface area contributed by atoms with Crippen molar-refractivity contribution in [1.29, 1.82) is 5.26 Å². The van der Waals surface area contributed by atoms with E-state index in [9.17, 15) is 0 Å². The van der Waals surface area contributed by atoms with Gasteiger partial charge in [-0.1, -0.05) is 32.8 Å². The smallest absolute Gasteiger partial charge is 0.121 e. The lowest BCUT2D eigenvalue weighted by Gasteiger charge is -2.39. The Bertz CT molecular complexity index is 490. The van der Waals surface area contributed by atoms with Crippen molar-refractivity contribution in [2.45, 2.75) is 58.4 Å². The molecule has 0 radical (unpaired) electrons. The van der Waals surface area contributed by atoms with E-state index in [4.69, 9.17) is 10.00 Å². The van der Waals surface area contributed by atoms with E-state index in [0.717, 1.165) is 17.9 Å². The Hall–Kier alpha value is -1.69. The van der Waals surface area contributed by atoms with E-state index in [1.165, 1.54) is 25.7 Å². The van der Waals surface area contributed by atoms with Gasteiger partial charge in [-0.15, -0.1) is 0 Å². The van der Waals surface area contributed by atoms with Crippen molar-refractivity contribution in [2.75, 3.05) is 11.9 Å². The summed E-state index contributed by atoms with van der Waals surface area (Å²) in [6.07, 6.45) is 6.51. The minimum absolute atomic E-state index is 0.349. The molecule has 3 nitrogen and oxygen atoms in total. The van der Waals surface area contributed by atoms with Gasteiger partial charge in [0, 0.05) is 24.2 Å². The molecule has 1 fully saturated rings. The first kappa shape index (κ1) is 15.7. The van der Waals surface area contributed by atoms with Crippen LogP contribution < -0.4 is 10.1 Å². The van der Waals surface area contributed by atoms with Crippen molar-refractivity contribution < 1.29 is 4.74 Å². The number of rotatable bonds is 6. The molecule has 0 aromatic heterocycles. The third-order valence-corrected chi connectivity index (χ3v) is 4.38. The fraction of sp³-hybridized carbons (Fsp3) is 0.611. The summed E-state index contributed by atoms with van der Waals surface area (Å²) in [6, 6.07) is 10.8. The average Bonchev–Trinajstić information content (AvgIpc) is 2.46. The Kier molecular flexibility index (Phi) is 5.50. The molecular formula is C18H26N2O. The fourth-order valence-electron chi connectivity index (χ4n) is 2.98. The molecule has 1 aromatic carbocycles. The molecule has 1 saturated carbocycles. The van der Waals surface area contributed by atoms with Crippen molar-refractivity contribution >= 4 is 5.69 Å². The third kappa shape index (κ3) is 4.67. The number of hydrogen-bond acceptors (Lipinski definition) is 3. The van der Waals surface area contributed by atoms with Gasteiger partial charge in [0.05, 0.1) is 12.7 Å². The zero-order valence-electron chi connectivity index (χ0n) is 13.2. The summed E-state index contributed by atoms with van der Waals surface area (Å²) in [4.78, 5) is 0. The fourth-order valence-corrected chi connectivity index (χ4v) is 2.98. The molecule has 1 N–H and O–H groups in total. The van der Waals surface area contributed by atoms with Gasteiger partial charge in [0.25, 0.3) is 0 Å². The Morgan fingerprint density at radius 1 is 1.38 bits per heavy atom. The van der Waals surface area contributed by atoms with Crippen LogP contribution in [0.25, 0.3) is 0 Å². The molecule has 3 heteroatoms. The molecule has 1 aliphatic carbocycles. The van der Waals surface area contributed by atoms with Crippen molar-refractivity contribution in [1.82, 2.24) is 0 Å². The molecule has 1 aliphatic rings. The number of nitrogens with zero attached hydrogens (tertiary/aromatic N) is 1. The molecule has 0 heterocycles. The molecule has 1 atom stereocenters. The predicted molar refractivity (Wildman–Crippen MR) is 86.4 cm³/mol. The van der Waals surface area contributed by atoms with Gasteiger partial charge in [-0.2, -0.15) is 5.26 Å². The number of benzene rings is 1. The van der Waals surface area contributed by atoms with Crippen LogP contribution >= 0.6 is 0 Å². The summed E-state index contributed by atoms with van der Waals surface area (Å²) in [5.41, 5.74) is 1.48. The highest BCUT2D eigenvalue weighted by Gasteiger charge is 2.31. The van der Waals surface area contributed by atoms with E-state index >= 15 is 0 Å². The van der Waals surface area contributed by atoms with Crippen molar-refractivity contribution in [2.24, 2.45) is 5.41 Å². The molecule has 1 unspecified atom stereocenters. The maximum Gasteiger partial charge on any atom is 0.121 e. The zero-order chi connectivity index (χ0) is 15.1. The largest absolute Gasteiger partial charge is 0.493 e. The summed E-state index contributed by atoms with van der Waals surface area (Å²) >= 11 is 0. The van der Waals surface area contributed by atoms with Crippen LogP contribution in [0.3, 0.4) is 0 Å². The van der Waals surface area contributed by atoms with Gasteiger partial charge in [-0.05, 0) is 36.8 Å². The first-order valence-corrected chi connectivity index (χ1v) is 7.98. The van der Waals surface area contributed by atoms with Gasteiger partial charge in [0.2, 0.25) is 0 Å². The second kappa shape index (κ2) is 7.36. The quantitative estimate of drug-likeness (QED) is 0.767. The van der Waals surface area contributed by atoms with E-state index in [1.54, 1.807) is 0 Å². The monoisotopic (exact) mass is 286 g/mol. The molecule has 0 aliphatic heterocycles. The number of unbranched alkanes of at least 4 members (excludes halogenated alkanes) is 1. The van der Waals surface area contributed by atoms with Crippen LogP contribution in [0.2, 0.25) is 0 Å². The van der Waals surface area contributed by atoms with Gasteiger partial charge in [-0.25, -0.2) is 0 Å². The standard InChI is InChI=1S/C18H26N2O/c1-18(2)11-4-3-10-17(18)20-15-8-7-9-16(14-15)21-13-6-5-12-19/h7-9,14,17,20H,3-6,10-11,13H2,1-2H3. The maximum atomic E-state index is 8.52. The van der Waals surface area contributed by atoms with Crippen LogP contribution in [0, 0.1) is 16.7 Å². The van der Waals surface area contributed by atoms with Gasteiger partial charge in [0.1, 0.15) is 5.75 Å². The molecule has 0 amide bonds. The van der Waals surface area contributed by atoms with Gasteiger partial charge >= 0.3 is 0 Å². The predicted octanol–water partition coefficient (Wildman–Crippen LogP) is 4.75. The minimum atomic E-state index is 0.349. The SMILES string of the molecule is CC1(C)CCCCC1Nc1cccc(OCCCC#N)c1. The van der Waals surface area contributed by atoms with Gasteiger partial charge < -0.3 is 10.1 Å². The molecule has 21 heavy (non-hydrogen) atoms. The van der Waals surface area contributed by atoms with Crippen LogP contribution in [0.4, 0.5) is 5.69 Å². The van der Waals surface area contributed by atoms with E-state index in [0.29, 0.717) is 24.5 Å². The van der Waals surface area contributed by atoms with Crippen LogP contribution in [-0.2, 0) is 0 Å². The van der Waals surface area contributed by atoms with Gasteiger partial charge in [0.15, 0.2) is 0 Å². The number of ether oxygens (including phenoxy) is 1. The molecule has 1 aromatic rings. The highest BCUT2D eigenvalue weighted by atomic mass is 16.5. The average molecular weight is 286 g/mol. The highest BCUT2D eigenvalue weighted by Crippen LogP contribution is 2.37. The lowest BCUT2D eigenvalue weighted by molar-refractivity contribution is 0.217. The molecule has 0 spiro atoms. The summed E-state index contributed by atoms with van der Waals surface area (Å²) < 4.78 is 5.70. The summed E-state index contributed by atoms with van der Waals surface area (Å²) in [5, 5.41) is 12.2. The number of nitriles is 1. The Morgan fingerprint density at radius 3 is 3.00 bits per heavy atom. The third-order valence-electron chi connectivity index (χ3n) is 4.38. The van der Waals surface area contributed by atoms with Gasteiger partial charge in [-0.3, -0.25) is 0 Å². The summed E-state index contributed by atoms with van der Waals surface area (Å²) in [6.45, 7) is 5.31. The number of nitrogens with one attached hydrogen (secondary N) is 1. The summed E-state index contributed by atoms with van der Waals surface area (Å²) in [5.74, 6) is 0.881. The minimum Gasteiger partial charge on any atom is -0.493 e. The first-order chi connectivity index (χ1) is 10.1. The maximum absolute atomic E-state index is 8.52. The summed E-state index contributed by atoms with van der Waals surface area (Å²) in [7, 11) is 0. The lowest BCUT2D eigenvalue weighted by Crippen LogP contribution is -2.38. The highest BCUT2D eigenvalue weighted by molar-refractivity contribution is 5.49. The van der Waals surface area contributed by atoms with Crippen molar-refractivity contribution in [3.63, 3.8) is 0 Å². The second-order valence-electron chi connectivity index (χ2n) is 6.57. The van der Waals surface area contributed by atoms with E-state index in [-0.39, 0.29) is 0 Å². The van der Waals surface area contributed by atoms with Crippen LogP contribution in [0.15, 0.2) is 24.3 Å². The number of hydrogen-bond donors (Lipinski definition) is 1. The van der Waals surface area contributed by atoms with E-state index in [1.807, 2.05) is 12.1 Å². The van der Waals surface area contributed by atoms with E-state index < -0.39 is 0 Å². The topological polar surface area (TPSA) is 45.0 Å². The molecule has 0 saturated heterocycles. The van der Waals surface area contributed by atoms with Crippen LogP contribution in [0.5, 0.6) is 5.75 Å². The van der Waals surface area contributed by atoms with E-state index in [2.05, 4.69) is 37.4 Å². The zero-order valence-corrected chi connectivity index (χ0v) is 13.2. The molecule has 2 rings (SSSR count). The second-order valence-corrected chi connectivity index (χ2v) is 6.57. The Balaban J connectivity index is 1.93. The number of anilines is 1. The molecule has 114 valence electrons.